The van der Waals surface area contributed by atoms with E-state index in [1.165, 1.54) is 5.56 Å². The van der Waals surface area contributed by atoms with Crippen LogP contribution in [0.2, 0.25) is 0 Å². The predicted molar refractivity (Wildman–Crippen MR) is 74.4 cm³/mol. The Morgan fingerprint density at radius 2 is 2.22 bits per heavy atom. The molecule has 1 heterocycles. The fourth-order valence-electron chi connectivity index (χ4n) is 2.00. The first kappa shape index (κ1) is 14.8. The lowest BCUT2D eigenvalue weighted by molar-refractivity contribution is -0.121. The average molecular weight is 251 g/mol. The first-order valence-corrected chi connectivity index (χ1v) is 6.80. The minimum absolute atomic E-state index is 0.0862. The van der Waals surface area contributed by atoms with Crippen molar-refractivity contribution in [2.24, 2.45) is 0 Å². The van der Waals surface area contributed by atoms with Gasteiger partial charge in [-0.25, -0.2) is 0 Å². The van der Waals surface area contributed by atoms with E-state index in [-0.39, 0.29) is 5.91 Å². The lowest BCUT2D eigenvalue weighted by Crippen LogP contribution is -2.28. The molecule has 1 rings (SSSR count). The summed E-state index contributed by atoms with van der Waals surface area (Å²) >= 11 is 0. The number of carbonyl (C=O) groups excluding carboxylic acids is 1. The summed E-state index contributed by atoms with van der Waals surface area (Å²) in [5, 5.41) is 6.19. The van der Waals surface area contributed by atoms with Crippen LogP contribution in [0.1, 0.15) is 44.7 Å². The fourth-order valence-corrected chi connectivity index (χ4v) is 2.00. The molecule has 0 aliphatic heterocycles. The van der Waals surface area contributed by atoms with Gasteiger partial charge in [-0.1, -0.05) is 20.3 Å². The molecule has 1 aromatic heterocycles. The van der Waals surface area contributed by atoms with E-state index in [0.717, 1.165) is 25.8 Å². The highest BCUT2D eigenvalue weighted by Crippen LogP contribution is 2.15. The van der Waals surface area contributed by atoms with Crippen LogP contribution in [0.25, 0.3) is 0 Å². The molecule has 0 saturated carbocycles. The summed E-state index contributed by atoms with van der Waals surface area (Å²) in [6.45, 7) is 5.45. The van der Waals surface area contributed by atoms with E-state index >= 15 is 0 Å². The molecule has 0 fully saturated rings. The number of aromatic nitrogens is 1. The van der Waals surface area contributed by atoms with Crippen LogP contribution >= 0.6 is 0 Å². The van der Waals surface area contributed by atoms with Gasteiger partial charge in [0.15, 0.2) is 0 Å². The lowest BCUT2D eigenvalue weighted by atomic mass is 10.1. The first-order valence-electron chi connectivity index (χ1n) is 6.80. The van der Waals surface area contributed by atoms with Crippen molar-refractivity contribution in [2.75, 3.05) is 13.6 Å². The van der Waals surface area contributed by atoms with Crippen LogP contribution in [0, 0.1) is 0 Å². The van der Waals surface area contributed by atoms with E-state index in [2.05, 4.69) is 30.5 Å². The van der Waals surface area contributed by atoms with Gasteiger partial charge in [0.25, 0.3) is 0 Å². The minimum Gasteiger partial charge on any atom is -0.355 e. The van der Waals surface area contributed by atoms with E-state index in [4.69, 9.17) is 0 Å². The van der Waals surface area contributed by atoms with E-state index in [1.54, 1.807) is 0 Å². The molecule has 102 valence electrons. The Bertz CT molecular complexity index is 356. The maximum Gasteiger partial charge on any atom is 0.239 e. The topological polar surface area (TPSA) is 46.1 Å². The van der Waals surface area contributed by atoms with Crippen LogP contribution in [-0.4, -0.2) is 24.1 Å². The number of hydrogen-bond donors (Lipinski definition) is 2. The Balaban J connectivity index is 2.45. The number of amides is 1. The Hall–Kier alpha value is -1.29. The molecule has 0 aliphatic rings. The highest BCUT2D eigenvalue weighted by molar-refractivity contribution is 5.75. The Morgan fingerprint density at radius 1 is 1.44 bits per heavy atom. The summed E-state index contributed by atoms with van der Waals surface area (Å²) in [5.74, 6) is 0.0862. The van der Waals surface area contributed by atoms with Gasteiger partial charge in [-0.2, -0.15) is 0 Å². The van der Waals surface area contributed by atoms with E-state index < -0.39 is 0 Å². The van der Waals surface area contributed by atoms with E-state index in [1.807, 2.05) is 24.0 Å². The maximum atomic E-state index is 11.7. The number of unbranched alkanes of at least 4 members (excludes halogenated alkanes) is 1. The molecule has 0 aliphatic carbocycles. The summed E-state index contributed by atoms with van der Waals surface area (Å²) in [5.41, 5.74) is 1.24. The van der Waals surface area contributed by atoms with Gasteiger partial charge in [-0.15, -0.1) is 0 Å². The van der Waals surface area contributed by atoms with Crippen molar-refractivity contribution < 1.29 is 4.79 Å². The summed E-state index contributed by atoms with van der Waals surface area (Å²) in [6.07, 6.45) is 7.21. The molecule has 4 heteroatoms. The van der Waals surface area contributed by atoms with Crippen LogP contribution in [0.4, 0.5) is 0 Å². The van der Waals surface area contributed by atoms with Crippen LogP contribution in [0.3, 0.4) is 0 Å². The molecule has 18 heavy (non-hydrogen) atoms. The molecule has 1 atom stereocenters. The highest BCUT2D eigenvalue weighted by atomic mass is 16.1. The van der Waals surface area contributed by atoms with Crippen LogP contribution in [0.5, 0.6) is 0 Å². The van der Waals surface area contributed by atoms with Crippen molar-refractivity contribution in [3.63, 3.8) is 0 Å². The molecule has 1 aromatic rings. The molecule has 1 unspecified atom stereocenters. The summed E-state index contributed by atoms with van der Waals surface area (Å²) in [7, 11) is 1.96. The molecular formula is C14H25N3O. The SMILES string of the molecule is CCCCNC(=O)Cn1ccc(C(CC)NC)c1. The summed E-state index contributed by atoms with van der Waals surface area (Å²) in [4.78, 5) is 11.7. The molecule has 0 radical (unpaired) electrons. The maximum absolute atomic E-state index is 11.7. The van der Waals surface area contributed by atoms with Gasteiger partial charge in [0, 0.05) is 25.0 Å². The lowest BCUT2D eigenvalue weighted by Gasteiger charge is -2.11. The highest BCUT2D eigenvalue weighted by Gasteiger charge is 2.09. The number of carbonyl (C=O) groups is 1. The van der Waals surface area contributed by atoms with Gasteiger partial charge < -0.3 is 15.2 Å². The average Bonchev–Trinajstić information content (AvgIpc) is 2.79. The first-order chi connectivity index (χ1) is 8.71. The van der Waals surface area contributed by atoms with Gasteiger partial charge in [-0.05, 0) is 31.5 Å². The van der Waals surface area contributed by atoms with Gasteiger partial charge in [0.1, 0.15) is 6.54 Å². The fraction of sp³-hybridized carbons (Fsp3) is 0.643. The third-order valence-corrected chi connectivity index (χ3v) is 3.11. The van der Waals surface area contributed by atoms with Gasteiger partial charge in [0.2, 0.25) is 5.91 Å². The largest absolute Gasteiger partial charge is 0.355 e. The van der Waals surface area contributed by atoms with E-state index in [9.17, 15) is 4.79 Å². The third kappa shape index (κ3) is 4.53. The van der Waals surface area contributed by atoms with Gasteiger partial charge in [0.05, 0.1) is 0 Å². The van der Waals surface area contributed by atoms with Crippen molar-refractivity contribution in [1.82, 2.24) is 15.2 Å². The molecule has 4 nitrogen and oxygen atoms in total. The second-order valence-electron chi connectivity index (χ2n) is 4.57. The van der Waals surface area contributed by atoms with Gasteiger partial charge in [-0.3, -0.25) is 4.79 Å². The van der Waals surface area contributed by atoms with Gasteiger partial charge >= 0.3 is 0 Å². The zero-order valence-electron chi connectivity index (χ0n) is 11.7. The smallest absolute Gasteiger partial charge is 0.239 e. The Morgan fingerprint density at radius 3 is 2.83 bits per heavy atom. The van der Waals surface area contributed by atoms with Crippen molar-refractivity contribution in [1.29, 1.82) is 0 Å². The molecule has 0 saturated heterocycles. The summed E-state index contributed by atoms with van der Waals surface area (Å²) < 4.78 is 1.94. The standard InChI is InChI=1S/C14H25N3O/c1-4-6-8-16-14(18)11-17-9-7-12(10-17)13(5-2)15-3/h7,9-10,13,15H,4-6,8,11H2,1-3H3,(H,16,18). The van der Waals surface area contributed by atoms with Crippen molar-refractivity contribution in [3.8, 4) is 0 Å². The number of hydrogen-bond acceptors (Lipinski definition) is 2. The van der Waals surface area contributed by atoms with Crippen molar-refractivity contribution in [3.05, 3.63) is 24.0 Å². The molecule has 0 bridgehead atoms. The second kappa shape index (κ2) is 7.93. The molecule has 0 aromatic carbocycles. The normalized spacial score (nSPS) is 12.4. The second-order valence-corrected chi connectivity index (χ2v) is 4.57. The zero-order chi connectivity index (χ0) is 13.4. The third-order valence-electron chi connectivity index (χ3n) is 3.11. The summed E-state index contributed by atoms with van der Waals surface area (Å²) in [6, 6.07) is 2.44. The molecule has 0 spiro atoms. The molecular weight excluding hydrogens is 226 g/mol. The van der Waals surface area contributed by atoms with Crippen LogP contribution in [0.15, 0.2) is 18.5 Å². The predicted octanol–water partition coefficient (Wildman–Crippen LogP) is 2.07. The van der Waals surface area contributed by atoms with Crippen molar-refractivity contribution in [2.45, 2.75) is 45.7 Å². The van der Waals surface area contributed by atoms with Crippen molar-refractivity contribution >= 4 is 5.91 Å². The Labute approximate surface area is 110 Å². The number of rotatable bonds is 8. The monoisotopic (exact) mass is 251 g/mol. The Kier molecular flexibility index (Phi) is 6.50. The number of nitrogens with one attached hydrogen (secondary N) is 2. The molecule has 1 amide bonds. The molecule has 2 N–H and O–H groups in total. The minimum atomic E-state index is 0.0862. The zero-order valence-corrected chi connectivity index (χ0v) is 11.7. The van der Waals surface area contributed by atoms with Crippen LogP contribution < -0.4 is 10.6 Å². The quantitative estimate of drug-likeness (QED) is 0.695. The van der Waals surface area contributed by atoms with Crippen LogP contribution in [-0.2, 0) is 11.3 Å². The number of nitrogens with zero attached hydrogens (tertiary/aromatic N) is 1. The van der Waals surface area contributed by atoms with E-state index in [0.29, 0.717) is 12.6 Å².